The van der Waals surface area contributed by atoms with Crippen LogP contribution >= 0.6 is 0 Å². The van der Waals surface area contributed by atoms with Gasteiger partial charge in [0.1, 0.15) is 5.75 Å². The standard InChI is InChI=1S/C9H11NO3S/c11-8-2-1-3-9(6-8)14(12,13)10-7-4-5-7/h1-3,6-7,10-11H,4-5H2. The summed E-state index contributed by atoms with van der Waals surface area (Å²) in [5, 5.41) is 9.13. The van der Waals surface area contributed by atoms with Crippen LogP contribution in [0.3, 0.4) is 0 Å². The Balaban J connectivity index is 2.28. The lowest BCUT2D eigenvalue weighted by Gasteiger charge is -2.04. The predicted octanol–water partition coefficient (Wildman–Crippen LogP) is 0.833. The zero-order valence-electron chi connectivity index (χ0n) is 7.47. The second kappa shape index (κ2) is 3.25. The zero-order valence-corrected chi connectivity index (χ0v) is 8.29. The predicted molar refractivity (Wildman–Crippen MR) is 51.5 cm³/mol. The zero-order chi connectivity index (χ0) is 10.2. The van der Waals surface area contributed by atoms with Gasteiger partial charge in [-0.1, -0.05) is 6.07 Å². The van der Waals surface area contributed by atoms with Gasteiger partial charge >= 0.3 is 0 Å². The summed E-state index contributed by atoms with van der Waals surface area (Å²) >= 11 is 0. The number of benzene rings is 1. The quantitative estimate of drug-likeness (QED) is 0.781. The lowest BCUT2D eigenvalue weighted by molar-refractivity contribution is 0.473. The highest BCUT2D eigenvalue weighted by Crippen LogP contribution is 2.23. The van der Waals surface area contributed by atoms with E-state index in [1.807, 2.05) is 0 Å². The molecule has 1 aliphatic rings. The molecular formula is C9H11NO3S. The molecule has 5 heteroatoms. The van der Waals surface area contributed by atoms with E-state index in [1.54, 1.807) is 0 Å². The summed E-state index contributed by atoms with van der Waals surface area (Å²) in [6, 6.07) is 5.74. The highest BCUT2D eigenvalue weighted by molar-refractivity contribution is 7.89. The Kier molecular flexibility index (Phi) is 2.20. The van der Waals surface area contributed by atoms with E-state index in [4.69, 9.17) is 5.11 Å². The number of phenolic OH excluding ortho intramolecular Hbond substituents is 1. The molecule has 0 aromatic heterocycles. The average Bonchev–Trinajstić information content (AvgIpc) is 2.87. The highest BCUT2D eigenvalue weighted by atomic mass is 32.2. The van der Waals surface area contributed by atoms with E-state index in [0.29, 0.717) is 0 Å². The lowest BCUT2D eigenvalue weighted by Crippen LogP contribution is -2.25. The first kappa shape index (κ1) is 9.48. The normalized spacial score (nSPS) is 16.9. The van der Waals surface area contributed by atoms with Crippen molar-refractivity contribution < 1.29 is 13.5 Å². The first-order chi connectivity index (χ1) is 6.58. The first-order valence-corrected chi connectivity index (χ1v) is 5.87. The summed E-state index contributed by atoms with van der Waals surface area (Å²) in [5.74, 6) is -0.0383. The van der Waals surface area contributed by atoms with Crippen molar-refractivity contribution in [3.8, 4) is 5.75 Å². The molecule has 4 nitrogen and oxygen atoms in total. The van der Waals surface area contributed by atoms with Crippen molar-refractivity contribution in [2.24, 2.45) is 0 Å². The van der Waals surface area contributed by atoms with Gasteiger partial charge in [0.15, 0.2) is 0 Å². The van der Waals surface area contributed by atoms with Crippen LogP contribution in [-0.4, -0.2) is 19.6 Å². The van der Waals surface area contributed by atoms with Crippen molar-refractivity contribution in [3.05, 3.63) is 24.3 Å². The summed E-state index contributed by atoms with van der Waals surface area (Å²) in [5.41, 5.74) is 0. The molecule has 1 fully saturated rings. The van der Waals surface area contributed by atoms with Gasteiger partial charge in [0, 0.05) is 6.04 Å². The van der Waals surface area contributed by atoms with Crippen molar-refractivity contribution >= 4 is 10.0 Å². The Bertz CT molecular complexity index is 437. The van der Waals surface area contributed by atoms with E-state index in [-0.39, 0.29) is 16.7 Å². The molecule has 0 saturated heterocycles. The second-order valence-corrected chi connectivity index (χ2v) is 5.11. The maximum atomic E-state index is 11.6. The van der Waals surface area contributed by atoms with Crippen LogP contribution in [0.5, 0.6) is 5.75 Å². The van der Waals surface area contributed by atoms with Gasteiger partial charge in [-0.2, -0.15) is 0 Å². The fourth-order valence-corrected chi connectivity index (χ4v) is 2.48. The first-order valence-electron chi connectivity index (χ1n) is 4.39. The monoisotopic (exact) mass is 213 g/mol. The lowest BCUT2D eigenvalue weighted by atomic mass is 10.3. The van der Waals surface area contributed by atoms with E-state index < -0.39 is 10.0 Å². The third-order valence-electron chi connectivity index (χ3n) is 2.03. The van der Waals surface area contributed by atoms with E-state index >= 15 is 0 Å². The SMILES string of the molecule is O=S(=O)(NC1CC1)c1cccc(O)c1. The van der Waals surface area contributed by atoms with E-state index in [9.17, 15) is 8.42 Å². The van der Waals surface area contributed by atoms with Gasteiger partial charge in [0.25, 0.3) is 0 Å². The van der Waals surface area contributed by atoms with Crippen molar-refractivity contribution in [3.63, 3.8) is 0 Å². The molecule has 2 N–H and O–H groups in total. The number of aromatic hydroxyl groups is 1. The average molecular weight is 213 g/mol. The molecule has 0 unspecified atom stereocenters. The van der Waals surface area contributed by atoms with Gasteiger partial charge in [0.05, 0.1) is 4.90 Å². The fraction of sp³-hybridized carbons (Fsp3) is 0.333. The second-order valence-electron chi connectivity index (χ2n) is 3.39. The van der Waals surface area contributed by atoms with Gasteiger partial charge in [-0.25, -0.2) is 13.1 Å². The fourth-order valence-electron chi connectivity index (χ4n) is 1.14. The van der Waals surface area contributed by atoms with Crippen molar-refractivity contribution in [1.29, 1.82) is 0 Å². The van der Waals surface area contributed by atoms with Crippen LogP contribution in [0, 0.1) is 0 Å². The van der Waals surface area contributed by atoms with Gasteiger partial charge in [-0.3, -0.25) is 0 Å². The van der Waals surface area contributed by atoms with E-state index in [2.05, 4.69) is 4.72 Å². The minimum atomic E-state index is -3.43. The molecular weight excluding hydrogens is 202 g/mol. The molecule has 1 aromatic rings. The molecule has 0 aliphatic heterocycles. The topological polar surface area (TPSA) is 66.4 Å². The highest BCUT2D eigenvalue weighted by Gasteiger charge is 2.27. The van der Waals surface area contributed by atoms with Crippen LogP contribution in [0.2, 0.25) is 0 Å². The summed E-state index contributed by atoms with van der Waals surface area (Å²) in [6.07, 6.45) is 1.80. The molecule has 0 bridgehead atoms. The third-order valence-corrected chi connectivity index (χ3v) is 3.55. The van der Waals surface area contributed by atoms with Crippen molar-refractivity contribution in [1.82, 2.24) is 4.72 Å². The van der Waals surface area contributed by atoms with Gasteiger partial charge < -0.3 is 5.11 Å². The maximum Gasteiger partial charge on any atom is 0.240 e. The number of nitrogens with one attached hydrogen (secondary N) is 1. The molecule has 1 aliphatic carbocycles. The molecule has 0 heterocycles. The van der Waals surface area contributed by atoms with Crippen molar-refractivity contribution in [2.75, 3.05) is 0 Å². The number of sulfonamides is 1. The molecule has 76 valence electrons. The van der Waals surface area contributed by atoms with Crippen LogP contribution in [0.4, 0.5) is 0 Å². The van der Waals surface area contributed by atoms with Gasteiger partial charge in [0.2, 0.25) is 10.0 Å². The summed E-state index contributed by atoms with van der Waals surface area (Å²) in [7, 11) is -3.43. The summed E-state index contributed by atoms with van der Waals surface area (Å²) in [4.78, 5) is 0.115. The summed E-state index contributed by atoms with van der Waals surface area (Å²) < 4.78 is 25.8. The Morgan fingerprint density at radius 3 is 2.64 bits per heavy atom. The molecule has 0 amide bonds. The largest absolute Gasteiger partial charge is 0.508 e. The molecule has 0 radical (unpaired) electrons. The minimum Gasteiger partial charge on any atom is -0.508 e. The number of hydrogen-bond donors (Lipinski definition) is 2. The molecule has 0 atom stereocenters. The van der Waals surface area contributed by atoms with Crippen LogP contribution in [0.25, 0.3) is 0 Å². The molecule has 2 rings (SSSR count). The minimum absolute atomic E-state index is 0.0383. The number of hydrogen-bond acceptors (Lipinski definition) is 3. The Labute approximate surface area is 82.6 Å². The molecule has 0 spiro atoms. The van der Waals surface area contributed by atoms with Gasteiger partial charge in [-0.05, 0) is 31.0 Å². The van der Waals surface area contributed by atoms with Crippen LogP contribution in [0.1, 0.15) is 12.8 Å². The summed E-state index contributed by atoms with van der Waals surface area (Å²) in [6.45, 7) is 0. The number of rotatable bonds is 3. The van der Waals surface area contributed by atoms with Crippen LogP contribution in [0.15, 0.2) is 29.2 Å². The molecule has 1 aromatic carbocycles. The van der Waals surface area contributed by atoms with Crippen LogP contribution in [-0.2, 0) is 10.0 Å². The maximum absolute atomic E-state index is 11.6. The smallest absolute Gasteiger partial charge is 0.240 e. The Hall–Kier alpha value is -1.07. The van der Waals surface area contributed by atoms with Crippen LogP contribution < -0.4 is 4.72 Å². The molecule has 1 saturated carbocycles. The molecule has 14 heavy (non-hydrogen) atoms. The third kappa shape index (κ3) is 2.05. The van der Waals surface area contributed by atoms with E-state index in [1.165, 1.54) is 24.3 Å². The Morgan fingerprint density at radius 2 is 2.07 bits per heavy atom. The Morgan fingerprint density at radius 1 is 1.36 bits per heavy atom. The van der Waals surface area contributed by atoms with Gasteiger partial charge in [-0.15, -0.1) is 0 Å². The van der Waals surface area contributed by atoms with E-state index in [0.717, 1.165) is 12.8 Å². The number of phenols is 1. The van der Waals surface area contributed by atoms with Crippen molar-refractivity contribution in [2.45, 2.75) is 23.8 Å².